The number of anilines is 1. The Bertz CT molecular complexity index is 901. The zero-order chi connectivity index (χ0) is 25.0. The van der Waals surface area contributed by atoms with Crippen LogP contribution in [0.3, 0.4) is 0 Å². The molecule has 0 saturated heterocycles. The smallest absolute Gasteiger partial charge is 0.257 e. The molecule has 0 bridgehead atoms. The van der Waals surface area contributed by atoms with Crippen LogP contribution in [0.2, 0.25) is 0 Å². The topological polar surface area (TPSA) is 91.4 Å². The first-order valence-electron chi connectivity index (χ1n) is 11.9. The summed E-state index contributed by atoms with van der Waals surface area (Å²) in [6, 6.07) is 4.93. The molecule has 2 aliphatic rings. The van der Waals surface area contributed by atoms with Gasteiger partial charge in [0.1, 0.15) is 12.4 Å². The number of ether oxygens (including phenoxy) is 2. The van der Waals surface area contributed by atoms with Crippen LogP contribution in [0.25, 0.3) is 0 Å². The number of nitrogens with zero attached hydrogens (tertiary/aromatic N) is 3. The van der Waals surface area contributed by atoms with Gasteiger partial charge >= 0.3 is 0 Å². The summed E-state index contributed by atoms with van der Waals surface area (Å²) in [4.78, 5) is 44.0. The molecule has 3 amide bonds. The van der Waals surface area contributed by atoms with Gasteiger partial charge in [0, 0.05) is 44.8 Å². The second-order valence-corrected chi connectivity index (χ2v) is 9.86. The number of methoxy groups -OCH3 is 1. The molecule has 3 atom stereocenters. The minimum atomic E-state index is -0.252. The van der Waals surface area contributed by atoms with Crippen LogP contribution in [-0.4, -0.2) is 99.1 Å². The number of benzene rings is 1. The Morgan fingerprint density at radius 3 is 2.53 bits per heavy atom. The molecule has 188 valence electrons. The van der Waals surface area contributed by atoms with Gasteiger partial charge in [0.2, 0.25) is 11.8 Å². The van der Waals surface area contributed by atoms with E-state index in [1.807, 2.05) is 37.7 Å². The summed E-state index contributed by atoms with van der Waals surface area (Å²) < 4.78 is 11.8. The van der Waals surface area contributed by atoms with Gasteiger partial charge in [-0.15, -0.1) is 0 Å². The Morgan fingerprint density at radius 2 is 1.91 bits per heavy atom. The molecule has 1 heterocycles. The van der Waals surface area contributed by atoms with Gasteiger partial charge in [-0.25, -0.2) is 0 Å². The Labute approximate surface area is 202 Å². The summed E-state index contributed by atoms with van der Waals surface area (Å²) in [6.45, 7) is 5.37. The molecule has 0 spiro atoms. The number of amides is 3. The Hall–Kier alpha value is -2.65. The third-order valence-electron chi connectivity index (χ3n) is 6.43. The van der Waals surface area contributed by atoms with Gasteiger partial charge in [-0.3, -0.25) is 14.4 Å². The van der Waals surface area contributed by atoms with Crippen molar-refractivity contribution in [1.82, 2.24) is 14.7 Å². The number of carbonyl (C=O) groups excluding carboxylic acids is 3. The Kier molecular flexibility index (Phi) is 8.54. The molecule has 0 unspecified atom stereocenters. The highest BCUT2D eigenvalue weighted by molar-refractivity contribution is 6.00. The molecule has 34 heavy (non-hydrogen) atoms. The molecule has 9 nitrogen and oxygen atoms in total. The van der Waals surface area contributed by atoms with Gasteiger partial charge in [0.25, 0.3) is 5.91 Å². The zero-order valence-electron chi connectivity index (χ0n) is 21.2. The van der Waals surface area contributed by atoms with Crippen molar-refractivity contribution in [2.45, 2.75) is 38.8 Å². The molecular formula is C25H38N4O5. The fourth-order valence-electron chi connectivity index (χ4n) is 4.15. The van der Waals surface area contributed by atoms with Crippen LogP contribution in [0.1, 0.15) is 37.0 Å². The average molecular weight is 475 g/mol. The molecule has 1 aromatic rings. The summed E-state index contributed by atoms with van der Waals surface area (Å²) >= 11 is 0. The Balaban J connectivity index is 1.92. The van der Waals surface area contributed by atoms with E-state index in [2.05, 4.69) is 5.32 Å². The number of carbonyl (C=O) groups is 3. The monoisotopic (exact) mass is 474 g/mol. The summed E-state index contributed by atoms with van der Waals surface area (Å²) in [5.74, 6) is 0.272. The number of likely N-dealkylation sites (N-methyl/N-ethyl adjacent to an activating group) is 2. The van der Waals surface area contributed by atoms with Crippen LogP contribution in [0.5, 0.6) is 5.75 Å². The largest absolute Gasteiger partial charge is 0.491 e. The van der Waals surface area contributed by atoms with Crippen molar-refractivity contribution in [3.63, 3.8) is 0 Å². The highest BCUT2D eigenvalue weighted by Crippen LogP contribution is 2.31. The fraction of sp³-hybridized carbons (Fsp3) is 0.640. The van der Waals surface area contributed by atoms with Gasteiger partial charge in [0.15, 0.2) is 0 Å². The van der Waals surface area contributed by atoms with Gasteiger partial charge in [-0.1, -0.05) is 6.92 Å². The summed E-state index contributed by atoms with van der Waals surface area (Å²) in [6.07, 6.45) is 1.55. The van der Waals surface area contributed by atoms with Crippen molar-refractivity contribution in [3.8, 4) is 5.75 Å². The van der Waals surface area contributed by atoms with Crippen molar-refractivity contribution >= 4 is 23.4 Å². The quantitative estimate of drug-likeness (QED) is 0.701. The number of fused-ring (bicyclic) bond motifs is 1. The third-order valence-corrected chi connectivity index (χ3v) is 6.43. The van der Waals surface area contributed by atoms with Gasteiger partial charge in [-0.2, -0.15) is 0 Å². The van der Waals surface area contributed by atoms with Crippen LogP contribution in [0, 0.1) is 11.8 Å². The highest BCUT2D eigenvalue weighted by Gasteiger charge is 2.32. The molecule has 9 heteroatoms. The van der Waals surface area contributed by atoms with Gasteiger partial charge < -0.3 is 29.5 Å². The minimum Gasteiger partial charge on any atom is -0.491 e. The number of nitrogens with one attached hydrogen (secondary N) is 1. The maximum Gasteiger partial charge on any atom is 0.257 e. The normalized spacial score (nSPS) is 24.1. The van der Waals surface area contributed by atoms with E-state index in [0.29, 0.717) is 36.6 Å². The summed E-state index contributed by atoms with van der Waals surface area (Å²) in [5.41, 5.74) is 0.943. The first kappa shape index (κ1) is 26.0. The first-order valence-corrected chi connectivity index (χ1v) is 11.9. The molecule has 3 rings (SSSR count). The predicted molar refractivity (Wildman–Crippen MR) is 130 cm³/mol. The minimum absolute atomic E-state index is 0.00289. The van der Waals surface area contributed by atoms with Crippen LogP contribution in [-0.2, 0) is 14.3 Å². The lowest BCUT2D eigenvalue weighted by Gasteiger charge is -2.36. The van der Waals surface area contributed by atoms with E-state index in [-0.39, 0.29) is 48.3 Å². The molecule has 1 fully saturated rings. The number of hydrogen-bond donors (Lipinski definition) is 1. The van der Waals surface area contributed by atoms with E-state index in [1.165, 1.54) is 0 Å². The van der Waals surface area contributed by atoms with Crippen LogP contribution in [0.15, 0.2) is 18.2 Å². The maximum absolute atomic E-state index is 13.4. The van der Waals surface area contributed by atoms with E-state index in [0.717, 1.165) is 12.8 Å². The lowest BCUT2D eigenvalue weighted by Crippen LogP contribution is -2.50. The van der Waals surface area contributed by atoms with Crippen molar-refractivity contribution in [3.05, 3.63) is 23.8 Å². The van der Waals surface area contributed by atoms with E-state index in [9.17, 15) is 14.4 Å². The van der Waals surface area contributed by atoms with E-state index in [1.54, 1.807) is 37.3 Å². The summed E-state index contributed by atoms with van der Waals surface area (Å²) in [7, 11) is 7.09. The molecule has 1 aromatic carbocycles. The standard InChI is InChI=1S/C25H38N4O5/c1-16-12-29(23(30)14-27(3)4)17(2)15-34-21-10-9-19(26-24(31)18-7-8-18)11-20(21)25(32)28(5)13-22(16)33-6/h9-11,16-18,22H,7-8,12-15H2,1-6H3,(H,26,31)/t16-,17-,22-/m0/s1. The Morgan fingerprint density at radius 1 is 1.21 bits per heavy atom. The van der Waals surface area contributed by atoms with Crippen molar-refractivity contribution in [2.75, 3.05) is 59.8 Å². The van der Waals surface area contributed by atoms with Gasteiger partial charge in [-0.05, 0) is 52.1 Å². The van der Waals surface area contributed by atoms with E-state index in [4.69, 9.17) is 9.47 Å². The maximum atomic E-state index is 13.4. The van der Waals surface area contributed by atoms with Crippen molar-refractivity contribution in [1.29, 1.82) is 0 Å². The molecule has 1 saturated carbocycles. The average Bonchev–Trinajstić information content (AvgIpc) is 3.63. The van der Waals surface area contributed by atoms with Crippen LogP contribution in [0.4, 0.5) is 5.69 Å². The second kappa shape index (κ2) is 11.2. The van der Waals surface area contributed by atoms with Gasteiger partial charge in [0.05, 0.1) is 24.3 Å². The lowest BCUT2D eigenvalue weighted by atomic mass is 10.0. The molecule has 1 N–H and O–H groups in total. The first-order chi connectivity index (χ1) is 16.1. The second-order valence-electron chi connectivity index (χ2n) is 9.86. The van der Waals surface area contributed by atoms with Crippen LogP contribution >= 0.6 is 0 Å². The molecule has 1 aliphatic heterocycles. The number of hydrogen-bond acceptors (Lipinski definition) is 6. The zero-order valence-corrected chi connectivity index (χ0v) is 21.2. The summed E-state index contributed by atoms with van der Waals surface area (Å²) in [5, 5.41) is 2.90. The third kappa shape index (κ3) is 6.48. The predicted octanol–water partition coefficient (Wildman–Crippen LogP) is 1.93. The molecule has 0 radical (unpaired) electrons. The molecule has 1 aliphatic carbocycles. The SMILES string of the molecule is CO[C@H]1CN(C)C(=O)c2cc(NC(=O)C3CC3)ccc2OC[C@H](C)N(C(=O)CN(C)C)C[C@@H]1C. The molecule has 0 aromatic heterocycles. The van der Waals surface area contributed by atoms with E-state index >= 15 is 0 Å². The lowest BCUT2D eigenvalue weighted by molar-refractivity contribution is -0.136. The fourth-order valence-corrected chi connectivity index (χ4v) is 4.15. The van der Waals surface area contributed by atoms with Crippen LogP contribution < -0.4 is 10.1 Å². The molecular weight excluding hydrogens is 436 g/mol. The highest BCUT2D eigenvalue weighted by atomic mass is 16.5. The number of rotatable bonds is 5. The van der Waals surface area contributed by atoms with Crippen molar-refractivity contribution < 1.29 is 23.9 Å². The van der Waals surface area contributed by atoms with Crippen molar-refractivity contribution in [2.24, 2.45) is 11.8 Å². The van der Waals surface area contributed by atoms with E-state index < -0.39 is 0 Å².